The van der Waals surface area contributed by atoms with E-state index in [1.165, 1.54) is 7.11 Å². The first-order valence-corrected chi connectivity index (χ1v) is 5.09. The molecule has 14 heavy (non-hydrogen) atoms. The molecule has 6 heteroatoms. The third kappa shape index (κ3) is 2.53. The maximum absolute atomic E-state index is 10.7. The van der Waals surface area contributed by atoms with Crippen LogP contribution in [0.25, 0.3) is 0 Å². The molecule has 0 heterocycles. The van der Waals surface area contributed by atoms with E-state index >= 15 is 0 Å². The van der Waals surface area contributed by atoms with Crippen LogP contribution in [0.1, 0.15) is 0 Å². The highest BCUT2D eigenvalue weighted by Gasteiger charge is 2.11. The lowest BCUT2D eigenvalue weighted by atomic mass is 10.3. The molecule has 76 valence electrons. The van der Waals surface area contributed by atoms with Crippen molar-refractivity contribution in [2.24, 2.45) is 0 Å². The van der Waals surface area contributed by atoms with Crippen molar-refractivity contribution in [1.82, 2.24) is 0 Å². The van der Waals surface area contributed by atoms with Gasteiger partial charge in [0.25, 0.3) is 4.82 Å². The van der Waals surface area contributed by atoms with E-state index in [1.807, 2.05) is 0 Å². The largest absolute Gasteiger partial charge is 0.495 e. The number of carbonyl (C=O) groups excluding carboxylic acids is 1. The van der Waals surface area contributed by atoms with E-state index in [2.05, 4.69) is 21.2 Å². The number of carbonyl (C=O) groups is 1. The average molecular weight is 299 g/mol. The standard InChI is InChI=1S/C8H6BrCl2NO2/c1-14-5-3-2-4(12-8(9)13)6(10)7(5)11/h2-3H,1H3,(H,12,13). The van der Waals surface area contributed by atoms with Gasteiger partial charge in [0.1, 0.15) is 10.8 Å². The Labute approximate surface area is 99.5 Å². The second-order valence-electron chi connectivity index (χ2n) is 2.34. The Balaban J connectivity index is 3.10. The molecule has 0 radical (unpaired) electrons. The predicted molar refractivity (Wildman–Crippen MR) is 61.0 cm³/mol. The summed E-state index contributed by atoms with van der Waals surface area (Å²) in [6.45, 7) is 0. The van der Waals surface area contributed by atoms with E-state index in [4.69, 9.17) is 27.9 Å². The van der Waals surface area contributed by atoms with Crippen molar-refractivity contribution in [2.75, 3.05) is 12.4 Å². The molecular weight excluding hydrogens is 293 g/mol. The molecular formula is C8H6BrCl2NO2. The minimum absolute atomic E-state index is 0.249. The number of hydrogen-bond acceptors (Lipinski definition) is 2. The van der Waals surface area contributed by atoms with Crippen LogP contribution in [0.15, 0.2) is 12.1 Å². The molecule has 3 nitrogen and oxygen atoms in total. The highest BCUT2D eigenvalue weighted by Crippen LogP contribution is 2.37. The van der Waals surface area contributed by atoms with E-state index in [0.717, 1.165) is 0 Å². The molecule has 0 aromatic heterocycles. The Bertz CT molecular complexity index is 371. The minimum atomic E-state index is -0.388. The van der Waals surface area contributed by atoms with Crippen LogP contribution >= 0.6 is 39.1 Å². The second kappa shape index (κ2) is 4.87. The summed E-state index contributed by atoms with van der Waals surface area (Å²) in [6, 6.07) is 3.22. The first-order valence-electron chi connectivity index (χ1n) is 3.54. The number of hydrogen-bond donors (Lipinski definition) is 1. The van der Waals surface area contributed by atoms with Gasteiger partial charge >= 0.3 is 0 Å². The fourth-order valence-corrected chi connectivity index (χ4v) is 1.55. The van der Waals surface area contributed by atoms with Crippen LogP contribution in [0.5, 0.6) is 5.75 Å². The van der Waals surface area contributed by atoms with Crippen LogP contribution in [0.3, 0.4) is 0 Å². The number of anilines is 1. The zero-order valence-corrected chi connectivity index (χ0v) is 10.2. The molecule has 1 amide bonds. The Morgan fingerprint density at radius 2 is 2.07 bits per heavy atom. The van der Waals surface area contributed by atoms with Crippen LogP contribution in [-0.2, 0) is 0 Å². The van der Waals surface area contributed by atoms with E-state index in [0.29, 0.717) is 11.4 Å². The number of rotatable bonds is 2. The molecule has 1 aromatic rings. The van der Waals surface area contributed by atoms with E-state index < -0.39 is 0 Å². The van der Waals surface area contributed by atoms with Crippen LogP contribution in [-0.4, -0.2) is 11.9 Å². The van der Waals surface area contributed by atoms with Crippen molar-refractivity contribution in [3.63, 3.8) is 0 Å². The number of methoxy groups -OCH3 is 1. The van der Waals surface area contributed by atoms with Crippen LogP contribution in [0, 0.1) is 0 Å². The van der Waals surface area contributed by atoms with Gasteiger partial charge in [-0.2, -0.15) is 0 Å². The van der Waals surface area contributed by atoms with Gasteiger partial charge in [0.05, 0.1) is 17.8 Å². The van der Waals surface area contributed by atoms with Crippen LogP contribution in [0.2, 0.25) is 10.0 Å². The quantitative estimate of drug-likeness (QED) is 0.663. The smallest absolute Gasteiger partial charge is 0.291 e. The molecule has 0 spiro atoms. The van der Waals surface area contributed by atoms with Crippen molar-refractivity contribution < 1.29 is 9.53 Å². The number of benzene rings is 1. The molecule has 1 rings (SSSR count). The number of halogens is 3. The lowest BCUT2D eigenvalue weighted by molar-refractivity contribution is 0.270. The van der Waals surface area contributed by atoms with Crippen LogP contribution in [0.4, 0.5) is 10.5 Å². The van der Waals surface area contributed by atoms with Gasteiger partial charge in [-0.1, -0.05) is 23.2 Å². The molecule has 0 aliphatic rings. The van der Waals surface area contributed by atoms with Crippen LogP contribution < -0.4 is 10.1 Å². The van der Waals surface area contributed by atoms with Gasteiger partial charge in [0.15, 0.2) is 0 Å². The molecule has 0 bridgehead atoms. The lowest BCUT2D eigenvalue weighted by Gasteiger charge is -2.08. The SMILES string of the molecule is COc1ccc(NC(=O)Br)c(Cl)c1Cl. The first-order chi connectivity index (χ1) is 6.56. The predicted octanol–water partition coefficient (Wildman–Crippen LogP) is 3.93. The Morgan fingerprint density at radius 3 is 2.57 bits per heavy atom. The maximum Gasteiger partial charge on any atom is 0.291 e. The molecule has 1 N–H and O–H groups in total. The molecule has 0 aliphatic heterocycles. The summed E-state index contributed by atoms with van der Waals surface area (Å²) in [5, 5.41) is 2.99. The topological polar surface area (TPSA) is 38.3 Å². The second-order valence-corrected chi connectivity index (χ2v) is 3.82. The summed E-state index contributed by atoms with van der Waals surface area (Å²) in [4.78, 5) is 10.3. The molecule has 0 atom stereocenters. The Kier molecular flexibility index (Phi) is 4.04. The molecule has 0 unspecified atom stereocenters. The van der Waals surface area contributed by atoms with Crippen molar-refractivity contribution in [3.8, 4) is 5.75 Å². The minimum Gasteiger partial charge on any atom is -0.495 e. The summed E-state index contributed by atoms with van der Waals surface area (Å²) < 4.78 is 4.94. The van der Waals surface area contributed by atoms with Gasteiger partial charge in [-0.25, -0.2) is 0 Å². The van der Waals surface area contributed by atoms with Gasteiger partial charge in [-0.05, 0) is 12.1 Å². The average Bonchev–Trinajstić information content (AvgIpc) is 2.13. The number of amides is 1. The molecule has 0 aliphatic carbocycles. The number of ether oxygens (including phenoxy) is 1. The highest BCUT2D eigenvalue weighted by atomic mass is 79.9. The monoisotopic (exact) mass is 297 g/mol. The van der Waals surface area contributed by atoms with E-state index in [1.54, 1.807) is 12.1 Å². The molecule has 0 saturated carbocycles. The summed E-state index contributed by atoms with van der Waals surface area (Å²) in [6.07, 6.45) is 0. The van der Waals surface area contributed by atoms with E-state index in [9.17, 15) is 4.79 Å². The summed E-state index contributed by atoms with van der Waals surface area (Å²) in [5.74, 6) is 0.462. The van der Waals surface area contributed by atoms with Gasteiger partial charge in [0, 0.05) is 15.9 Å². The highest BCUT2D eigenvalue weighted by molar-refractivity contribution is 9.18. The zero-order chi connectivity index (χ0) is 10.7. The fraction of sp³-hybridized carbons (Fsp3) is 0.125. The first kappa shape index (κ1) is 11.6. The zero-order valence-electron chi connectivity index (χ0n) is 7.11. The lowest BCUT2D eigenvalue weighted by Crippen LogP contribution is -2.01. The Morgan fingerprint density at radius 1 is 1.43 bits per heavy atom. The summed E-state index contributed by atoms with van der Waals surface area (Å²) in [5.41, 5.74) is 0.430. The summed E-state index contributed by atoms with van der Waals surface area (Å²) >= 11 is 14.5. The van der Waals surface area contributed by atoms with Gasteiger partial charge in [-0.3, -0.25) is 4.79 Å². The third-order valence-electron chi connectivity index (χ3n) is 1.50. The van der Waals surface area contributed by atoms with Gasteiger partial charge < -0.3 is 10.1 Å². The van der Waals surface area contributed by atoms with Crippen molar-refractivity contribution in [1.29, 1.82) is 0 Å². The number of nitrogens with one attached hydrogen (secondary N) is 1. The Hall–Kier alpha value is -0.450. The normalized spacial score (nSPS) is 9.71. The molecule has 1 aromatic carbocycles. The van der Waals surface area contributed by atoms with Crippen molar-refractivity contribution >= 4 is 49.6 Å². The van der Waals surface area contributed by atoms with Gasteiger partial charge in [0.2, 0.25) is 0 Å². The maximum atomic E-state index is 10.7. The van der Waals surface area contributed by atoms with E-state index in [-0.39, 0.29) is 14.9 Å². The van der Waals surface area contributed by atoms with Gasteiger partial charge in [-0.15, -0.1) is 0 Å². The molecule has 0 saturated heterocycles. The van der Waals surface area contributed by atoms with Crippen molar-refractivity contribution in [3.05, 3.63) is 22.2 Å². The van der Waals surface area contributed by atoms with Crippen molar-refractivity contribution in [2.45, 2.75) is 0 Å². The molecule has 0 fully saturated rings. The fourth-order valence-electron chi connectivity index (χ4n) is 0.892. The summed E-state index contributed by atoms with van der Waals surface area (Å²) in [7, 11) is 1.49. The third-order valence-corrected chi connectivity index (χ3v) is 2.56.